The zero-order valence-electron chi connectivity index (χ0n) is 10.7. The second kappa shape index (κ2) is 6.49. The average molecular weight is 300 g/mol. The fraction of sp³-hybridized carbons (Fsp3) is 0.545. The van der Waals surface area contributed by atoms with Crippen LogP contribution < -0.4 is 5.32 Å². The van der Waals surface area contributed by atoms with Crippen molar-refractivity contribution in [2.45, 2.75) is 26.0 Å². The van der Waals surface area contributed by atoms with E-state index in [0.717, 1.165) is 34.6 Å². The average Bonchev–Trinajstić information content (AvgIpc) is 2.96. The molecular formula is C11H16N4S3. The van der Waals surface area contributed by atoms with Crippen LogP contribution in [0.1, 0.15) is 24.5 Å². The zero-order valence-corrected chi connectivity index (χ0v) is 13.1. The molecule has 0 amide bonds. The van der Waals surface area contributed by atoms with Gasteiger partial charge < -0.3 is 5.32 Å². The van der Waals surface area contributed by atoms with Gasteiger partial charge in [-0.15, -0.1) is 21.5 Å². The summed E-state index contributed by atoms with van der Waals surface area (Å²) in [4.78, 5) is 5.85. The Morgan fingerprint density at radius 2 is 2.06 bits per heavy atom. The SMILES string of the molecule is CCNc1nnc(-c2sc(CSC)nc2CC)s1. The number of nitrogens with one attached hydrogen (secondary N) is 1. The first kappa shape index (κ1) is 13.8. The number of anilines is 1. The van der Waals surface area contributed by atoms with Crippen molar-refractivity contribution in [1.29, 1.82) is 0 Å². The molecule has 0 aliphatic rings. The third kappa shape index (κ3) is 3.02. The minimum Gasteiger partial charge on any atom is -0.360 e. The van der Waals surface area contributed by atoms with Gasteiger partial charge in [-0.2, -0.15) is 11.8 Å². The number of hydrogen-bond acceptors (Lipinski definition) is 7. The highest BCUT2D eigenvalue weighted by Crippen LogP contribution is 2.35. The van der Waals surface area contributed by atoms with Crippen LogP contribution in [0.4, 0.5) is 5.13 Å². The van der Waals surface area contributed by atoms with Crippen LogP contribution >= 0.6 is 34.4 Å². The third-order valence-electron chi connectivity index (χ3n) is 2.29. The molecule has 0 aliphatic carbocycles. The maximum absolute atomic E-state index is 4.67. The molecule has 2 rings (SSSR count). The first-order chi connectivity index (χ1) is 8.78. The minimum atomic E-state index is 0.871. The van der Waals surface area contributed by atoms with Gasteiger partial charge in [0.1, 0.15) is 5.01 Å². The van der Waals surface area contributed by atoms with Gasteiger partial charge in [0.25, 0.3) is 0 Å². The first-order valence-electron chi connectivity index (χ1n) is 5.83. The van der Waals surface area contributed by atoms with Crippen molar-refractivity contribution in [3.8, 4) is 9.88 Å². The largest absolute Gasteiger partial charge is 0.360 e. The van der Waals surface area contributed by atoms with Crippen molar-refractivity contribution >= 4 is 39.6 Å². The molecule has 0 unspecified atom stereocenters. The second-order valence-corrected chi connectivity index (χ2v) is 6.54. The molecule has 18 heavy (non-hydrogen) atoms. The number of aryl methyl sites for hydroxylation is 1. The van der Waals surface area contributed by atoms with Crippen LogP contribution in [-0.2, 0) is 12.2 Å². The molecular weight excluding hydrogens is 284 g/mol. The summed E-state index contributed by atoms with van der Waals surface area (Å²) >= 11 is 5.14. The molecule has 2 aromatic rings. The Labute approximate surface area is 119 Å². The van der Waals surface area contributed by atoms with Gasteiger partial charge in [-0.25, -0.2) is 4.98 Å². The lowest BCUT2D eigenvalue weighted by Crippen LogP contribution is -1.94. The summed E-state index contributed by atoms with van der Waals surface area (Å²) in [5.41, 5.74) is 1.14. The maximum atomic E-state index is 4.67. The molecule has 0 atom stereocenters. The Bertz CT molecular complexity index is 506. The van der Waals surface area contributed by atoms with Gasteiger partial charge in [-0.1, -0.05) is 18.3 Å². The van der Waals surface area contributed by atoms with Crippen LogP contribution in [0.3, 0.4) is 0 Å². The number of nitrogens with zero attached hydrogens (tertiary/aromatic N) is 3. The van der Waals surface area contributed by atoms with Crippen molar-refractivity contribution in [3.63, 3.8) is 0 Å². The predicted octanol–water partition coefficient (Wildman–Crippen LogP) is 3.52. The van der Waals surface area contributed by atoms with Gasteiger partial charge in [0.05, 0.1) is 10.6 Å². The van der Waals surface area contributed by atoms with E-state index >= 15 is 0 Å². The molecule has 1 N–H and O–H groups in total. The van der Waals surface area contributed by atoms with E-state index in [2.05, 4.69) is 40.6 Å². The van der Waals surface area contributed by atoms with E-state index < -0.39 is 0 Å². The molecule has 4 nitrogen and oxygen atoms in total. The van der Waals surface area contributed by atoms with E-state index in [4.69, 9.17) is 0 Å². The molecule has 0 saturated carbocycles. The van der Waals surface area contributed by atoms with Crippen LogP contribution in [0.5, 0.6) is 0 Å². The van der Waals surface area contributed by atoms with Gasteiger partial charge >= 0.3 is 0 Å². The topological polar surface area (TPSA) is 50.7 Å². The zero-order chi connectivity index (χ0) is 13.0. The molecule has 0 bridgehead atoms. The van der Waals surface area contributed by atoms with Gasteiger partial charge in [-0.3, -0.25) is 0 Å². The summed E-state index contributed by atoms with van der Waals surface area (Å²) in [7, 11) is 0. The number of aromatic nitrogens is 3. The summed E-state index contributed by atoms with van der Waals surface area (Å²) < 4.78 is 0. The van der Waals surface area contributed by atoms with Crippen molar-refractivity contribution in [2.24, 2.45) is 0 Å². The van der Waals surface area contributed by atoms with Gasteiger partial charge in [0.2, 0.25) is 5.13 Å². The van der Waals surface area contributed by atoms with Gasteiger partial charge in [0.15, 0.2) is 5.01 Å². The van der Waals surface area contributed by atoms with Gasteiger partial charge in [0, 0.05) is 12.3 Å². The fourth-order valence-electron chi connectivity index (χ4n) is 1.53. The van der Waals surface area contributed by atoms with E-state index in [1.54, 1.807) is 34.4 Å². The predicted molar refractivity (Wildman–Crippen MR) is 81.8 cm³/mol. The normalized spacial score (nSPS) is 10.8. The maximum Gasteiger partial charge on any atom is 0.206 e. The van der Waals surface area contributed by atoms with E-state index in [0.29, 0.717) is 0 Å². The van der Waals surface area contributed by atoms with Crippen molar-refractivity contribution in [2.75, 3.05) is 18.1 Å². The molecule has 98 valence electrons. The molecule has 0 aromatic carbocycles. The van der Waals surface area contributed by atoms with Crippen LogP contribution in [-0.4, -0.2) is 28.0 Å². The Balaban J connectivity index is 2.29. The number of thioether (sulfide) groups is 1. The molecule has 0 fully saturated rings. The summed E-state index contributed by atoms with van der Waals surface area (Å²) in [6.45, 7) is 5.06. The lowest BCUT2D eigenvalue weighted by atomic mass is 10.3. The van der Waals surface area contributed by atoms with Crippen molar-refractivity contribution in [1.82, 2.24) is 15.2 Å². The van der Waals surface area contributed by atoms with Crippen LogP contribution in [0.15, 0.2) is 0 Å². The standard InChI is InChI=1S/C11H16N4S3/c1-4-7-9(17-8(13-7)6-16-3)10-14-15-11(18-10)12-5-2/h4-6H2,1-3H3,(H,12,15). The van der Waals surface area contributed by atoms with E-state index in [1.165, 1.54) is 9.88 Å². The molecule has 7 heteroatoms. The molecule has 0 spiro atoms. The summed E-state index contributed by atoms with van der Waals surface area (Å²) in [6.07, 6.45) is 3.04. The minimum absolute atomic E-state index is 0.871. The number of thiazole rings is 1. The van der Waals surface area contributed by atoms with Crippen LogP contribution in [0.2, 0.25) is 0 Å². The monoisotopic (exact) mass is 300 g/mol. The molecule has 0 saturated heterocycles. The van der Waals surface area contributed by atoms with Crippen molar-refractivity contribution < 1.29 is 0 Å². The number of hydrogen-bond donors (Lipinski definition) is 1. The molecule has 2 aromatic heterocycles. The quantitative estimate of drug-likeness (QED) is 0.884. The smallest absolute Gasteiger partial charge is 0.206 e. The summed E-state index contributed by atoms with van der Waals surface area (Å²) in [5.74, 6) is 0.969. The highest BCUT2D eigenvalue weighted by Gasteiger charge is 2.15. The first-order valence-corrected chi connectivity index (χ1v) is 8.86. The third-order valence-corrected chi connectivity index (χ3v) is 5.17. The molecule has 0 aliphatic heterocycles. The highest BCUT2D eigenvalue weighted by molar-refractivity contribution is 7.97. The lowest BCUT2D eigenvalue weighted by molar-refractivity contribution is 1.03. The Hall–Kier alpha value is -0.660. The Morgan fingerprint density at radius 1 is 1.22 bits per heavy atom. The molecule has 0 radical (unpaired) electrons. The van der Waals surface area contributed by atoms with Gasteiger partial charge in [-0.05, 0) is 19.6 Å². The molecule has 2 heterocycles. The Morgan fingerprint density at radius 3 is 2.72 bits per heavy atom. The van der Waals surface area contributed by atoms with E-state index in [9.17, 15) is 0 Å². The summed E-state index contributed by atoms with van der Waals surface area (Å²) in [6, 6.07) is 0. The van der Waals surface area contributed by atoms with Crippen LogP contribution in [0, 0.1) is 0 Å². The highest BCUT2D eigenvalue weighted by atomic mass is 32.2. The van der Waals surface area contributed by atoms with Crippen LogP contribution in [0.25, 0.3) is 9.88 Å². The Kier molecular flexibility index (Phi) is 4.96. The lowest BCUT2D eigenvalue weighted by Gasteiger charge is -1.93. The fourth-order valence-corrected chi connectivity index (χ4v) is 4.28. The van der Waals surface area contributed by atoms with E-state index in [1.807, 2.05) is 0 Å². The van der Waals surface area contributed by atoms with Crippen molar-refractivity contribution in [3.05, 3.63) is 10.7 Å². The second-order valence-electron chi connectivity index (χ2n) is 3.61. The van der Waals surface area contributed by atoms with E-state index in [-0.39, 0.29) is 0 Å². The number of rotatable bonds is 6. The summed E-state index contributed by atoms with van der Waals surface area (Å²) in [5, 5.41) is 14.6.